The number of aromatic nitrogens is 4. The first-order chi connectivity index (χ1) is 11.2. The van der Waals surface area contributed by atoms with E-state index in [2.05, 4.69) is 15.1 Å². The van der Waals surface area contributed by atoms with Gasteiger partial charge in [0.2, 0.25) is 0 Å². The van der Waals surface area contributed by atoms with Crippen LogP contribution in [-0.4, -0.2) is 19.6 Å². The average molecular weight is 304 g/mol. The van der Waals surface area contributed by atoms with Gasteiger partial charge >= 0.3 is 0 Å². The van der Waals surface area contributed by atoms with Crippen molar-refractivity contribution in [2.24, 2.45) is 0 Å². The Morgan fingerprint density at radius 3 is 2.65 bits per heavy atom. The lowest BCUT2D eigenvalue weighted by molar-refractivity contribution is 0.628. The molecule has 0 amide bonds. The quantitative estimate of drug-likeness (QED) is 0.564. The van der Waals surface area contributed by atoms with Gasteiger partial charge in [0.05, 0.1) is 5.56 Å². The molecule has 0 radical (unpaired) electrons. The van der Waals surface area contributed by atoms with Gasteiger partial charge in [0, 0.05) is 30.4 Å². The molecule has 0 unspecified atom stereocenters. The number of hydrogen-bond donors (Lipinski definition) is 0. The molecular weight excluding hydrogens is 291 g/mol. The van der Waals surface area contributed by atoms with E-state index in [1.54, 1.807) is 29.0 Å². The van der Waals surface area contributed by atoms with Crippen LogP contribution in [0.15, 0.2) is 61.2 Å². The first-order valence-electron chi connectivity index (χ1n) is 7.24. The number of benzene rings is 1. The van der Waals surface area contributed by atoms with Gasteiger partial charge in [0.25, 0.3) is 0 Å². The maximum Gasteiger partial charge on any atom is 0.163 e. The lowest BCUT2D eigenvalue weighted by Crippen LogP contribution is -1.89. The molecule has 3 aromatic heterocycles. The van der Waals surface area contributed by atoms with Gasteiger partial charge in [-0.1, -0.05) is 0 Å². The summed E-state index contributed by atoms with van der Waals surface area (Å²) in [5.41, 5.74) is 5.38. The van der Waals surface area contributed by atoms with E-state index in [0.717, 1.165) is 33.6 Å². The maximum absolute atomic E-state index is 13.2. The molecule has 0 bridgehead atoms. The van der Waals surface area contributed by atoms with E-state index in [1.807, 2.05) is 31.5 Å². The SMILES string of the molecule is Cc1cnccc1-c1c(-c2ccc(F)cc2)nn2cccnc12. The number of nitrogens with zero attached hydrogens (tertiary/aromatic N) is 4. The van der Waals surface area contributed by atoms with E-state index < -0.39 is 0 Å². The van der Waals surface area contributed by atoms with E-state index in [-0.39, 0.29) is 5.82 Å². The summed E-state index contributed by atoms with van der Waals surface area (Å²) in [4.78, 5) is 8.62. The molecule has 0 saturated carbocycles. The highest BCUT2D eigenvalue weighted by atomic mass is 19.1. The summed E-state index contributed by atoms with van der Waals surface area (Å²) in [5.74, 6) is -0.266. The molecule has 4 nitrogen and oxygen atoms in total. The molecule has 4 rings (SSSR count). The molecule has 0 aliphatic heterocycles. The standard InChI is InChI=1S/C18H13FN4/c1-12-11-20-9-7-15(12)16-17(13-3-5-14(19)6-4-13)22-23-10-2-8-21-18(16)23/h2-11H,1H3. The van der Waals surface area contributed by atoms with Gasteiger partial charge < -0.3 is 0 Å². The Morgan fingerprint density at radius 1 is 1.04 bits per heavy atom. The van der Waals surface area contributed by atoms with Gasteiger partial charge in [0.15, 0.2) is 5.65 Å². The summed E-state index contributed by atoms with van der Waals surface area (Å²) in [6, 6.07) is 10.1. The fourth-order valence-electron chi connectivity index (χ4n) is 2.70. The predicted octanol–water partition coefficient (Wildman–Crippen LogP) is 3.91. The normalized spacial score (nSPS) is 11.0. The van der Waals surface area contributed by atoms with Crippen LogP contribution in [0, 0.1) is 12.7 Å². The van der Waals surface area contributed by atoms with Crippen molar-refractivity contribution in [1.29, 1.82) is 0 Å². The molecule has 0 atom stereocenters. The summed E-state index contributed by atoms with van der Waals surface area (Å²) in [5, 5.41) is 4.64. The van der Waals surface area contributed by atoms with E-state index in [0.29, 0.717) is 0 Å². The third kappa shape index (κ3) is 2.26. The van der Waals surface area contributed by atoms with E-state index in [4.69, 9.17) is 0 Å². The van der Waals surface area contributed by atoms with Gasteiger partial charge in [-0.2, -0.15) is 5.10 Å². The van der Waals surface area contributed by atoms with Gasteiger partial charge in [0.1, 0.15) is 11.5 Å². The van der Waals surface area contributed by atoms with Crippen LogP contribution in [0.2, 0.25) is 0 Å². The number of fused-ring (bicyclic) bond motifs is 1. The summed E-state index contributed by atoms with van der Waals surface area (Å²) in [6.45, 7) is 2.00. The lowest BCUT2D eigenvalue weighted by atomic mass is 9.99. The number of pyridine rings is 1. The van der Waals surface area contributed by atoms with Crippen molar-refractivity contribution in [2.75, 3.05) is 0 Å². The second-order valence-corrected chi connectivity index (χ2v) is 5.31. The number of aryl methyl sites for hydroxylation is 1. The van der Waals surface area contributed by atoms with Crippen molar-refractivity contribution in [1.82, 2.24) is 19.6 Å². The van der Waals surface area contributed by atoms with Crippen LogP contribution in [0.25, 0.3) is 28.0 Å². The topological polar surface area (TPSA) is 43.1 Å². The highest BCUT2D eigenvalue weighted by molar-refractivity contribution is 5.91. The molecule has 3 heterocycles. The van der Waals surface area contributed by atoms with Crippen LogP contribution in [0.4, 0.5) is 4.39 Å². The van der Waals surface area contributed by atoms with Gasteiger partial charge in [-0.3, -0.25) is 4.98 Å². The average Bonchev–Trinajstić information content (AvgIpc) is 2.95. The van der Waals surface area contributed by atoms with Crippen LogP contribution in [-0.2, 0) is 0 Å². The highest BCUT2D eigenvalue weighted by Gasteiger charge is 2.18. The van der Waals surface area contributed by atoms with Crippen LogP contribution in [0.5, 0.6) is 0 Å². The second kappa shape index (κ2) is 5.28. The van der Waals surface area contributed by atoms with Crippen LogP contribution in [0.3, 0.4) is 0 Å². The predicted molar refractivity (Wildman–Crippen MR) is 86.3 cm³/mol. The molecular formula is C18H13FN4. The van der Waals surface area contributed by atoms with Gasteiger partial charge in [-0.25, -0.2) is 13.9 Å². The third-order valence-corrected chi connectivity index (χ3v) is 3.80. The van der Waals surface area contributed by atoms with Crippen LogP contribution in [0.1, 0.15) is 5.56 Å². The molecule has 4 aromatic rings. The number of rotatable bonds is 2. The highest BCUT2D eigenvalue weighted by Crippen LogP contribution is 2.35. The van der Waals surface area contributed by atoms with Crippen molar-refractivity contribution in [3.8, 4) is 22.4 Å². The monoisotopic (exact) mass is 304 g/mol. The first-order valence-corrected chi connectivity index (χ1v) is 7.24. The van der Waals surface area contributed by atoms with Crippen molar-refractivity contribution in [3.63, 3.8) is 0 Å². The lowest BCUT2D eigenvalue weighted by Gasteiger charge is -2.06. The van der Waals surface area contributed by atoms with E-state index in [9.17, 15) is 4.39 Å². The summed E-state index contributed by atoms with van der Waals surface area (Å²) < 4.78 is 15.0. The summed E-state index contributed by atoms with van der Waals surface area (Å²) in [7, 11) is 0. The van der Waals surface area contributed by atoms with E-state index >= 15 is 0 Å². The molecule has 1 aromatic carbocycles. The molecule has 0 saturated heterocycles. The zero-order valence-corrected chi connectivity index (χ0v) is 12.4. The Kier molecular flexibility index (Phi) is 3.12. The Bertz CT molecular complexity index is 990. The van der Waals surface area contributed by atoms with Crippen molar-refractivity contribution in [3.05, 3.63) is 72.6 Å². The Hall–Kier alpha value is -3.08. The van der Waals surface area contributed by atoms with Crippen LogP contribution < -0.4 is 0 Å². The zero-order valence-electron chi connectivity index (χ0n) is 12.4. The first kappa shape index (κ1) is 13.6. The van der Waals surface area contributed by atoms with Crippen molar-refractivity contribution in [2.45, 2.75) is 6.92 Å². The van der Waals surface area contributed by atoms with Gasteiger partial charge in [-0.05, 0) is 54.4 Å². The number of hydrogen-bond acceptors (Lipinski definition) is 3. The molecule has 0 N–H and O–H groups in total. The Labute approximate surface area is 132 Å². The van der Waals surface area contributed by atoms with Gasteiger partial charge in [-0.15, -0.1) is 0 Å². The Morgan fingerprint density at radius 2 is 1.87 bits per heavy atom. The van der Waals surface area contributed by atoms with Crippen molar-refractivity contribution < 1.29 is 4.39 Å². The minimum absolute atomic E-state index is 0.266. The molecule has 23 heavy (non-hydrogen) atoms. The van der Waals surface area contributed by atoms with Crippen molar-refractivity contribution >= 4 is 5.65 Å². The molecule has 0 aliphatic rings. The largest absolute Gasteiger partial charge is 0.264 e. The van der Waals surface area contributed by atoms with Crippen LogP contribution >= 0.6 is 0 Å². The maximum atomic E-state index is 13.2. The zero-order chi connectivity index (χ0) is 15.8. The molecule has 5 heteroatoms. The Balaban J connectivity index is 2.06. The third-order valence-electron chi connectivity index (χ3n) is 3.80. The fraction of sp³-hybridized carbons (Fsp3) is 0.0556. The fourth-order valence-corrected chi connectivity index (χ4v) is 2.70. The minimum Gasteiger partial charge on any atom is -0.264 e. The summed E-state index contributed by atoms with van der Waals surface area (Å²) >= 11 is 0. The molecule has 112 valence electrons. The summed E-state index contributed by atoms with van der Waals surface area (Å²) in [6.07, 6.45) is 7.17. The number of halogens is 1. The smallest absolute Gasteiger partial charge is 0.163 e. The molecule has 0 spiro atoms. The molecule has 0 fully saturated rings. The minimum atomic E-state index is -0.266. The van der Waals surface area contributed by atoms with E-state index in [1.165, 1.54) is 12.1 Å². The second-order valence-electron chi connectivity index (χ2n) is 5.31. The molecule has 0 aliphatic carbocycles.